The first-order valence-electron chi connectivity index (χ1n) is 9.14. The highest BCUT2D eigenvalue weighted by Gasteiger charge is 2.36. The third-order valence-electron chi connectivity index (χ3n) is 4.93. The maximum atomic E-state index is 12.5. The Labute approximate surface area is 169 Å². The second-order valence-electron chi connectivity index (χ2n) is 6.59. The monoisotopic (exact) mass is 396 g/mol. The summed E-state index contributed by atoms with van der Waals surface area (Å²) >= 11 is 0. The van der Waals surface area contributed by atoms with Crippen LogP contribution in [0.3, 0.4) is 0 Å². The van der Waals surface area contributed by atoms with Crippen molar-refractivity contribution in [1.82, 2.24) is 10.2 Å². The van der Waals surface area contributed by atoms with Gasteiger partial charge < -0.3 is 24.4 Å². The fraction of sp³-hybridized carbons (Fsp3) is 0.273. The molecule has 2 amide bonds. The summed E-state index contributed by atoms with van der Waals surface area (Å²) in [4.78, 5) is 26.4. The number of nitrogens with zero attached hydrogens (tertiary/aromatic N) is 1. The molecule has 0 radical (unpaired) electrons. The van der Waals surface area contributed by atoms with E-state index in [1.807, 2.05) is 30.3 Å². The van der Waals surface area contributed by atoms with Crippen LogP contribution < -0.4 is 14.8 Å². The van der Waals surface area contributed by atoms with E-state index in [-0.39, 0.29) is 6.03 Å². The lowest BCUT2D eigenvalue weighted by Gasteiger charge is -2.33. The Bertz CT molecular complexity index is 939. The molecule has 0 saturated heterocycles. The van der Waals surface area contributed by atoms with Gasteiger partial charge >= 0.3 is 12.0 Å². The van der Waals surface area contributed by atoms with E-state index < -0.39 is 12.0 Å². The quantitative estimate of drug-likeness (QED) is 0.757. The van der Waals surface area contributed by atoms with Gasteiger partial charge in [-0.15, -0.1) is 0 Å². The van der Waals surface area contributed by atoms with Crippen LogP contribution in [0.4, 0.5) is 4.79 Å². The number of hydrogen-bond acceptors (Lipinski definition) is 5. The Hall–Kier alpha value is -3.48. The molecule has 1 heterocycles. The van der Waals surface area contributed by atoms with Gasteiger partial charge in [0.25, 0.3) is 0 Å². The zero-order valence-electron chi connectivity index (χ0n) is 16.9. The predicted molar refractivity (Wildman–Crippen MR) is 108 cm³/mol. The summed E-state index contributed by atoms with van der Waals surface area (Å²) < 4.78 is 16.5. The zero-order chi connectivity index (χ0) is 21.0. The Morgan fingerprint density at radius 1 is 1.10 bits per heavy atom. The number of rotatable bonds is 6. The van der Waals surface area contributed by atoms with E-state index in [0.717, 1.165) is 5.56 Å². The average Bonchev–Trinajstić information content (AvgIpc) is 2.75. The first-order chi connectivity index (χ1) is 14.0. The number of carbonyl (C=O) groups is 2. The Morgan fingerprint density at radius 2 is 1.83 bits per heavy atom. The minimum atomic E-state index is -0.730. The summed E-state index contributed by atoms with van der Waals surface area (Å²) in [6.07, 6.45) is 0. The number of nitrogens with one attached hydrogen (secondary N) is 1. The van der Waals surface area contributed by atoms with Crippen molar-refractivity contribution in [1.29, 1.82) is 0 Å². The van der Waals surface area contributed by atoms with Gasteiger partial charge in [-0.05, 0) is 18.6 Å². The topological polar surface area (TPSA) is 77.1 Å². The normalized spacial score (nSPS) is 16.3. The molecule has 1 N–H and O–H groups in total. The van der Waals surface area contributed by atoms with Crippen molar-refractivity contribution in [2.24, 2.45) is 0 Å². The van der Waals surface area contributed by atoms with Gasteiger partial charge in [0.15, 0.2) is 11.5 Å². The molecule has 2 aromatic carbocycles. The molecular formula is C22H24N2O5. The van der Waals surface area contributed by atoms with Crippen LogP contribution in [0.15, 0.2) is 59.8 Å². The largest absolute Gasteiger partial charge is 0.493 e. The van der Waals surface area contributed by atoms with E-state index in [1.54, 1.807) is 39.3 Å². The maximum Gasteiger partial charge on any atom is 0.337 e. The molecule has 0 aliphatic carbocycles. The number of allylic oxidation sites excluding steroid dienone is 1. The van der Waals surface area contributed by atoms with Crippen LogP contribution >= 0.6 is 0 Å². The number of urea groups is 1. The molecule has 2 aromatic rings. The van der Waals surface area contributed by atoms with Crippen molar-refractivity contribution >= 4 is 12.0 Å². The molecule has 1 aliphatic rings. The van der Waals surface area contributed by atoms with Crippen LogP contribution in [0, 0.1) is 0 Å². The van der Waals surface area contributed by atoms with Crippen LogP contribution in [-0.2, 0) is 16.1 Å². The molecule has 0 fully saturated rings. The van der Waals surface area contributed by atoms with E-state index in [1.165, 1.54) is 12.0 Å². The number of hydrogen-bond donors (Lipinski definition) is 1. The molecule has 1 aliphatic heterocycles. The third kappa shape index (κ3) is 4.03. The fourth-order valence-electron chi connectivity index (χ4n) is 3.25. The van der Waals surface area contributed by atoms with E-state index in [0.29, 0.717) is 34.9 Å². The molecule has 0 bridgehead atoms. The highest BCUT2D eigenvalue weighted by atomic mass is 16.5. The number of ether oxygens (including phenoxy) is 3. The molecule has 29 heavy (non-hydrogen) atoms. The summed E-state index contributed by atoms with van der Waals surface area (Å²) in [6.45, 7) is 2.02. The fourth-order valence-corrected chi connectivity index (χ4v) is 3.25. The van der Waals surface area contributed by atoms with Crippen LogP contribution in [0.1, 0.15) is 24.1 Å². The Kier molecular flexibility index (Phi) is 6.07. The van der Waals surface area contributed by atoms with Crippen molar-refractivity contribution in [2.45, 2.75) is 19.6 Å². The number of benzene rings is 2. The first-order valence-corrected chi connectivity index (χ1v) is 9.14. The molecule has 7 heteroatoms. The average molecular weight is 396 g/mol. The minimum absolute atomic E-state index is 0.311. The van der Waals surface area contributed by atoms with Gasteiger partial charge in [0.1, 0.15) is 6.61 Å². The van der Waals surface area contributed by atoms with Crippen LogP contribution in [0.5, 0.6) is 11.5 Å². The molecule has 7 nitrogen and oxygen atoms in total. The first kappa shape index (κ1) is 20.3. The molecule has 0 saturated carbocycles. The number of amides is 2. The van der Waals surface area contributed by atoms with E-state index in [4.69, 9.17) is 14.2 Å². The lowest BCUT2D eigenvalue weighted by molar-refractivity contribution is -0.136. The second kappa shape index (κ2) is 8.68. The molecule has 0 spiro atoms. The van der Waals surface area contributed by atoms with Gasteiger partial charge in [0.05, 0.1) is 25.8 Å². The summed E-state index contributed by atoms with van der Waals surface area (Å²) in [7, 11) is 4.46. The van der Waals surface area contributed by atoms with Crippen molar-refractivity contribution in [3.8, 4) is 11.5 Å². The molecule has 0 unspecified atom stereocenters. The van der Waals surface area contributed by atoms with Crippen molar-refractivity contribution in [3.63, 3.8) is 0 Å². The molecule has 1 atom stereocenters. The van der Waals surface area contributed by atoms with Crippen LogP contribution in [0.25, 0.3) is 0 Å². The Balaban J connectivity index is 2.06. The third-order valence-corrected chi connectivity index (χ3v) is 4.93. The summed E-state index contributed by atoms with van der Waals surface area (Å²) in [6, 6.07) is 14.0. The molecule has 3 rings (SSSR count). The lowest BCUT2D eigenvalue weighted by Crippen LogP contribution is -2.46. The van der Waals surface area contributed by atoms with Crippen LogP contribution in [0.2, 0.25) is 0 Å². The van der Waals surface area contributed by atoms with Crippen LogP contribution in [-0.4, -0.2) is 38.2 Å². The predicted octanol–water partition coefficient (Wildman–Crippen LogP) is 3.42. The Morgan fingerprint density at radius 3 is 2.48 bits per heavy atom. The second-order valence-corrected chi connectivity index (χ2v) is 6.59. The summed E-state index contributed by atoms with van der Waals surface area (Å²) in [5, 5.41) is 2.86. The molecule has 0 aromatic heterocycles. The smallest absolute Gasteiger partial charge is 0.337 e. The standard InChI is InChI=1S/C22H24N2O5/c1-14-18(21(25)28-4)19(23-22(26)24(14)2)16-11-8-12-17(27-3)20(16)29-13-15-9-6-5-7-10-15/h5-12,19H,13H2,1-4H3,(H,23,26)/t19-/m0/s1. The van der Waals surface area contributed by atoms with Gasteiger partial charge in [0, 0.05) is 18.3 Å². The van der Waals surface area contributed by atoms with E-state index in [2.05, 4.69) is 5.32 Å². The minimum Gasteiger partial charge on any atom is -0.493 e. The maximum absolute atomic E-state index is 12.5. The van der Waals surface area contributed by atoms with Gasteiger partial charge in [-0.2, -0.15) is 0 Å². The highest BCUT2D eigenvalue weighted by Crippen LogP contribution is 2.40. The molecular weight excluding hydrogens is 372 g/mol. The van der Waals surface area contributed by atoms with Crippen molar-refractivity contribution in [3.05, 3.63) is 70.9 Å². The highest BCUT2D eigenvalue weighted by molar-refractivity contribution is 5.95. The van der Waals surface area contributed by atoms with Gasteiger partial charge in [0.2, 0.25) is 0 Å². The lowest BCUT2D eigenvalue weighted by atomic mass is 9.94. The molecule has 152 valence electrons. The number of methoxy groups -OCH3 is 2. The SMILES string of the molecule is COC(=O)C1=C(C)N(C)C(=O)N[C@H]1c1cccc(OC)c1OCc1ccccc1. The summed E-state index contributed by atoms with van der Waals surface area (Å²) in [5.74, 6) is 0.451. The van der Waals surface area contributed by atoms with E-state index >= 15 is 0 Å². The van der Waals surface area contributed by atoms with Crippen molar-refractivity contribution in [2.75, 3.05) is 21.3 Å². The van der Waals surface area contributed by atoms with Gasteiger partial charge in [-0.3, -0.25) is 0 Å². The van der Waals surface area contributed by atoms with Gasteiger partial charge in [-0.1, -0.05) is 42.5 Å². The van der Waals surface area contributed by atoms with Gasteiger partial charge in [-0.25, -0.2) is 9.59 Å². The number of carbonyl (C=O) groups excluding carboxylic acids is 2. The van der Waals surface area contributed by atoms with E-state index in [9.17, 15) is 9.59 Å². The number of para-hydroxylation sites is 1. The summed E-state index contributed by atoms with van der Waals surface area (Å²) in [5.41, 5.74) is 2.45. The zero-order valence-corrected chi connectivity index (χ0v) is 16.9. The van der Waals surface area contributed by atoms with Crippen molar-refractivity contribution < 1.29 is 23.8 Å². The number of esters is 1.